The average Bonchev–Trinajstić information content (AvgIpc) is 2.01. The van der Waals surface area contributed by atoms with Crippen molar-refractivity contribution < 1.29 is 0 Å². The molecule has 0 saturated carbocycles. The van der Waals surface area contributed by atoms with Crippen molar-refractivity contribution in [1.29, 1.82) is 0 Å². The molecule has 11 heavy (non-hydrogen) atoms. The number of unbranched alkanes of at least 4 members (excludes halogenated alkanes) is 2. The predicted octanol–water partition coefficient (Wildman–Crippen LogP) is 4.11. The van der Waals surface area contributed by atoms with Crippen molar-refractivity contribution in [3.63, 3.8) is 0 Å². The van der Waals surface area contributed by atoms with Crippen LogP contribution in [-0.2, 0) is 0 Å². The summed E-state index contributed by atoms with van der Waals surface area (Å²) in [5, 5.41) is 0. The van der Waals surface area contributed by atoms with Gasteiger partial charge < -0.3 is 0 Å². The zero-order valence-corrected chi connectivity index (χ0v) is 8.94. The molecule has 0 saturated heterocycles. The molecule has 0 aromatic rings. The average molecular weight is 218 g/mol. The number of allylic oxidation sites excluding steroid dienone is 2. The van der Waals surface area contributed by atoms with E-state index in [1.807, 2.05) is 6.08 Å². The fourth-order valence-corrected chi connectivity index (χ4v) is 1.52. The third-order valence-corrected chi connectivity index (χ3v) is 2.51. The molecular weight excluding hydrogens is 200 g/mol. The monoisotopic (exact) mass is 217 g/mol. The Morgan fingerprint density at radius 2 is 2.18 bits per heavy atom. The number of halogens is 1. The van der Waals surface area contributed by atoms with Crippen LogP contribution in [0.25, 0.3) is 0 Å². The van der Waals surface area contributed by atoms with Crippen LogP contribution in [0.1, 0.15) is 39.0 Å². The molecule has 1 heteroatoms. The van der Waals surface area contributed by atoms with Crippen molar-refractivity contribution >= 4 is 15.9 Å². The van der Waals surface area contributed by atoms with Gasteiger partial charge in [0.1, 0.15) is 0 Å². The first kappa shape index (κ1) is 11.2. The second kappa shape index (κ2) is 8.32. The van der Waals surface area contributed by atoms with Crippen molar-refractivity contribution in [1.82, 2.24) is 0 Å². The van der Waals surface area contributed by atoms with Gasteiger partial charge >= 0.3 is 0 Å². The second-order valence-electron chi connectivity index (χ2n) is 2.80. The predicted molar refractivity (Wildman–Crippen MR) is 56.0 cm³/mol. The zero-order chi connectivity index (χ0) is 8.53. The van der Waals surface area contributed by atoms with E-state index in [2.05, 4.69) is 35.9 Å². The van der Waals surface area contributed by atoms with Crippen molar-refractivity contribution in [3.8, 4) is 0 Å². The molecule has 65 valence electrons. The van der Waals surface area contributed by atoms with E-state index in [0.717, 1.165) is 6.42 Å². The quantitative estimate of drug-likeness (QED) is 0.465. The van der Waals surface area contributed by atoms with Crippen LogP contribution >= 0.6 is 15.9 Å². The van der Waals surface area contributed by atoms with Crippen molar-refractivity contribution in [2.75, 3.05) is 0 Å². The maximum atomic E-state index is 3.65. The summed E-state index contributed by atoms with van der Waals surface area (Å²) in [6, 6.07) is 0. The van der Waals surface area contributed by atoms with Crippen LogP contribution in [0.4, 0.5) is 0 Å². The van der Waals surface area contributed by atoms with E-state index >= 15 is 0 Å². The van der Waals surface area contributed by atoms with Crippen molar-refractivity contribution in [2.45, 2.75) is 43.9 Å². The first-order chi connectivity index (χ1) is 5.31. The SMILES string of the molecule is [CH2]C=CCC(Br)CCCCC. The second-order valence-corrected chi connectivity index (χ2v) is 4.10. The molecule has 0 bridgehead atoms. The van der Waals surface area contributed by atoms with E-state index in [9.17, 15) is 0 Å². The van der Waals surface area contributed by atoms with E-state index in [0.29, 0.717) is 4.83 Å². The van der Waals surface area contributed by atoms with Gasteiger partial charge in [0.2, 0.25) is 0 Å². The molecule has 1 atom stereocenters. The Morgan fingerprint density at radius 3 is 2.73 bits per heavy atom. The van der Waals surface area contributed by atoms with Crippen LogP contribution < -0.4 is 0 Å². The highest BCUT2D eigenvalue weighted by Crippen LogP contribution is 2.14. The number of hydrogen-bond donors (Lipinski definition) is 0. The lowest BCUT2D eigenvalue weighted by Gasteiger charge is -2.04. The van der Waals surface area contributed by atoms with Crippen molar-refractivity contribution in [2.24, 2.45) is 0 Å². The molecule has 0 aromatic carbocycles. The van der Waals surface area contributed by atoms with Gasteiger partial charge in [0.25, 0.3) is 0 Å². The van der Waals surface area contributed by atoms with E-state index in [4.69, 9.17) is 0 Å². The Labute approximate surface area is 79.2 Å². The Morgan fingerprint density at radius 1 is 1.45 bits per heavy atom. The molecule has 0 heterocycles. The molecule has 0 amide bonds. The van der Waals surface area contributed by atoms with E-state index in [-0.39, 0.29) is 0 Å². The van der Waals surface area contributed by atoms with E-state index < -0.39 is 0 Å². The van der Waals surface area contributed by atoms with Gasteiger partial charge in [-0.25, -0.2) is 0 Å². The summed E-state index contributed by atoms with van der Waals surface area (Å²) in [5.41, 5.74) is 0. The summed E-state index contributed by atoms with van der Waals surface area (Å²) in [6.45, 7) is 5.89. The van der Waals surface area contributed by atoms with Crippen LogP contribution in [0.2, 0.25) is 0 Å². The van der Waals surface area contributed by atoms with Gasteiger partial charge in [-0.3, -0.25) is 0 Å². The van der Waals surface area contributed by atoms with Gasteiger partial charge in [-0.1, -0.05) is 54.3 Å². The minimum Gasteiger partial charge on any atom is -0.0887 e. The fourth-order valence-electron chi connectivity index (χ4n) is 0.978. The Hall–Kier alpha value is 0.220. The molecule has 0 aliphatic rings. The molecule has 0 nitrogen and oxygen atoms in total. The Balaban J connectivity index is 3.15. The summed E-state index contributed by atoms with van der Waals surface area (Å²) in [7, 11) is 0. The molecule has 0 spiro atoms. The van der Waals surface area contributed by atoms with E-state index in [1.165, 1.54) is 25.7 Å². The van der Waals surface area contributed by atoms with Crippen LogP contribution in [0.3, 0.4) is 0 Å². The molecule has 0 aliphatic carbocycles. The van der Waals surface area contributed by atoms with Crippen LogP contribution in [0.5, 0.6) is 0 Å². The normalized spacial score (nSPS) is 14.1. The number of rotatable bonds is 6. The lowest BCUT2D eigenvalue weighted by molar-refractivity contribution is 0.652. The van der Waals surface area contributed by atoms with Crippen LogP contribution in [0.15, 0.2) is 12.2 Å². The summed E-state index contributed by atoms with van der Waals surface area (Å²) in [6.07, 6.45) is 10.4. The standard InChI is InChI=1S/C10H18Br/c1-3-5-7-9-10(11)8-6-4-2/h4,6,10H,2-3,5,7-9H2,1H3. The Kier molecular flexibility index (Phi) is 8.48. The third-order valence-electron chi connectivity index (χ3n) is 1.68. The van der Waals surface area contributed by atoms with Crippen LogP contribution in [-0.4, -0.2) is 4.83 Å². The lowest BCUT2D eigenvalue weighted by atomic mass is 10.1. The lowest BCUT2D eigenvalue weighted by Crippen LogP contribution is -1.94. The van der Waals surface area contributed by atoms with E-state index in [1.54, 1.807) is 0 Å². The number of alkyl halides is 1. The van der Waals surface area contributed by atoms with Crippen molar-refractivity contribution in [3.05, 3.63) is 19.1 Å². The topological polar surface area (TPSA) is 0 Å². The van der Waals surface area contributed by atoms with Crippen LogP contribution in [0, 0.1) is 6.92 Å². The molecule has 0 fully saturated rings. The molecule has 1 unspecified atom stereocenters. The summed E-state index contributed by atoms with van der Waals surface area (Å²) in [5.74, 6) is 0. The molecular formula is C10H18Br. The molecule has 0 rings (SSSR count). The maximum absolute atomic E-state index is 3.65. The van der Waals surface area contributed by atoms with Gasteiger partial charge in [0, 0.05) is 4.83 Å². The molecule has 0 N–H and O–H groups in total. The minimum atomic E-state index is 0.659. The molecule has 1 radical (unpaired) electrons. The first-order valence-corrected chi connectivity index (χ1v) is 5.31. The summed E-state index contributed by atoms with van der Waals surface area (Å²) in [4.78, 5) is 0.659. The van der Waals surface area contributed by atoms with Gasteiger partial charge in [0.05, 0.1) is 0 Å². The largest absolute Gasteiger partial charge is 0.0887 e. The highest BCUT2D eigenvalue weighted by Gasteiger charge is 1.99. The maximum Gasteiger partial charge on any atom is 0.0180 e. The first-order valence-electron chi connectivity index (χ1n) is 4.39. The molecule has 0 aromatic heterocycles. The minimum absolute atomic E-state index is 0.659. The number of hydrogen-bond acceptors (Lipinski definition) is 0. The Bertz CT molecular complexity index is 97.0. The van der Waals surface area contributed by atoms with Gasteiger partial charge in [0.15, 0.2) is 0 Å². The smallest absolute Gasteiger partial charge is 0.0180 e. The zero-order valence-electron chi connectivity index (χ0n) is 7.35. The van der Waals surface area contributed by atoms with Gasteiger partial charge in [-0.15, -0.1) is 0 Å². The van der Waals surface area contributed by atoms with Gasteiger partial charge in [-0.05, 0) is 19.8 Å². The highest BCUT2D eigenvalue weighted by molar-refractivity contribution is 9.09. The third kappa shape index (κ3) is 8.12. The summed E-state index contributed by atoms with van der Waals surface area (Å²) >= 11 is 3.63. The summed E-state index contributed by atoms with van der Waals surface area (Å²) < 4.78 is 0. The molecule has 0 aliphatic heterocycles. The fraction of sp³-hybridized carbons (Fsp3) is 0.700. The highest BCUT2D eigenvalue weighted by atomic mass is 79.9. The van der Waals surface area contributed by atoms with Gasteiger partial charge in [-0.2, -0.15) is 0 Å².